The van der Waals surface area contributed by atoms with Crippen molar-refractivity contribution in [2.45, 2.75) is 20.3 Å². The molecule has 0 unspecified atom stereocenters. The number of aryl methyl sites for hydroxylation is 1. The van der Waals surface area contributed by atoms with Gasteiger partial charge < -0.3 is 4.90 Å². The van der Waals surface area contributed by atoms with E-state index in [1.165, 1.54) is 6.07 Å². The second-order valence-corrected chi connectivity index (χ2v) is 3.72. The normalized spacial score (nSPS) is 9.71. The van der Waals surface area contributed by atoms with Crippen LogP contribution in [-0.2, 0) is 0 Å². The van der Waals surface area contributed by atoms with Gasteiger partial charge in [-0.3, -0.25) is 10.1 Å². The van der Waals surface area contributed by atoms with Crippen molar-refractivity contribution in [3.63, 3.8) is 0 Å². The zero-order valence-corrected chi connectivity index (χ0v) is 10.0. The molecule has 5 heteroatoms. The lowest BCUT2D eigenvalue weighted by Crippen LogP contribution is -2.24. The van der Waals surface area contributed by atoms with E-state index in [-0.39, 0.29) is 5.69 Å². The van der Waals surface area contributed by atoms with E-state index in [0.29, 0.717) is 13.0 Å². The van der Waals surface area contributed by atoms with Crippen LogP contribution in [0.2, 0.25) is 0 Å². The standard InChI is InChI=1S/C12H15N3O2/c1-3-14(8-4-7-13)12-6-5-11(15(16)17)9-10(12)2/h5-6,9H,3-4,8H2,1-2H3. The summed E-state index contributed by atoms with van der Waals surface area (Å²) in [7, 11) is 0. The molecule has 1 aromatic carbocycles. The molecule has 0 spiro atoms. The maximum absolute atomic E-state index is 10.6. The van der Waals surface area contributed by atoms with E-state index >= 15 is 0 Å². The van der Waals surface area contributed by atoms with Gasteiger partial charge in [-0.25, -0.2) is 0 Å². The quantitative estimate of drug-likeness (QED) is 0.579. The van der Waals surface area contributed by atoms with Crippen molar-refractivity contribution in [1.82, 2.24) is 0 Å². The minimum Gasteiger partial charge on any atom is -0.371 e. The fourth-order valence-electron chi connectivity index (χ4n) is 1.74. The van der Waals surface area contributed by atoms with Crippen molar-refractivity contribution in [2.24, 2.45) is 0 Å². The zero-order valence-electron chi connectivity index (χ0n) is 10.0. The highest BCUT2D eigenvalue weighted by atomic mass is 16.6. The highest BCUT2D eigenvalue weighted by Gasteiger charge is 2.11. The first-order valence-corrected chi connectivity index (χ1v) is 5.47. The molecule has 0 aromatic heterocycles. The van der Waals surface area contributed by atoms with Crippen molar-refractivity contribution in [3.8, 4) is 6.07 Å². The molecule has 0 saturated carbocycles. The van der Waals surface area contributed by atoms with Crippen LogP contribution in [0.4, 0.5) is 11.4 Å². The van der Waals surface area contributed by atoms with Crippen LogP contribution >= 0.6 is 0 Å². The molecule has 17 heavy (non-hydrogen) atoms. The van der Waals surface area contributed by atoms with Crippen LogP contribution in [0.5, 0.6) is 0 Å². The fourth-order valence-corrected chi connectivity index (χ4v) is 1.74. The predicted molar refractivity (Wildman–Crippen MR) is 66.0 cm³/mol. The Bertz CT molecular complexity index is 452. The fraction of sp³-hybridized carbons (Fsp3) is 0.417. The Hall–Kier alpha value is -2.09. The van der Waals surface area contributed by atoms with Crippen LogP contribution in [0.25, 0.3) is 0 Å². The third kappa shape index (κ3) is 3.18. The summed E-state index contributed by atoms with van der Waals surface area (Å²) in [5, 5.41) is 19.2. The Morgan fingerprint density at radius 2 is 2.24 bits per heavy atom. The number of non-ortho nitro benzene ring substituents is 1. The molecule has 0 fully saturated rings. The van der Waals surface area contributed by atoms with Gasteiger partial charge in [0, 0.05) is 30.9 Å². The number of hydrogen-bond acceptors (Lipinski definition) is 4. The number of nitriles is 1. The van der Waals surface area contributed by atoms with E-state index < -0.39 is 4.92 Å². The van der Waals surface area contributed by atoms with Crippen LogP contribution in [-0.4, -0.2) is 18.0 Å². The molecule has 0 saturated heterocycles. The first kappa shape index (κ1) is 13.0. The van der Waals surface area contributed by atoms with Gasteiger partial charge >= 0.3 is 0 Å². The number of nitro groups is 1. The van der Waals surface area contributed by atoms with E-state index in [1.54, 1.807) is 12.1 Å². The number of hydrogen-bond donors (Lipinski definition) is 0. The second-order valence-electron chi connectivity index (χ2n) is 3.72. The summed E-state index contributed by atoms with van der Waals surface area (Å²) >= 11 is 0. The number of benzene rings is 1. The maximum atomic E-state index is 10.6. The largest absolute Gasteiger partial charge is 0.371 e. The van der Waals surface area contributed by atoms with E-state index in [4.69, 9.17) is 5.26 Å². The van der Waals surface area contributed by atoms with Gasteiger partial charge in [-0.2, -0.15) is 5.26 Å². The summed E-state index contributed by atoms with van der Waals surface area (Å²) in [5.41, 5.74) is 1.91. The van der Waals surface area contributed by atoms with Gasteiger partial charge in [0.2, 0.25) is 0 Å². The van der Waals surface area contributed by atoms with Crippen LogP contribution in [0.3, 0.4) is 0 Å². The molecule has 0 heterocycles. The van der Waals surface area contributed by atoms with Gasteiger partial charge in [0.05, 0.1) is 17.4 Å². The van der Waals surface area contributed by atoms with Crippen LogP contribution < -0.4 is 4.90 Å². The summed E-state index contributed by atoms with van der Waals surface area (Å²) in [6.45, 7) is 5.27. The highest BCUT2D eigenvalue weighted by Crippen LogP contribution is 2.24. The molecule has 0 bridgehead atoms. The van der Waals surface area contributed by atoms with E-state index in [2.05, 4.69) is 6.07 Å². The summed E-state index contributed by atoms with van der Waals surface area (Å²) in [5.74, 6) is 0. The van der Waals surface area contributed by atoms with Gasteiger partial charge in [-0.1, -0.05) is 0 Å². The average molecular weight is 233 g/mol. The zero-order chi connectivity index (χ0) is 12.8. The van der Waals surface area contributed by atoms with Gasteiger partial charge in [0.15, 0.2) is 0 Å². The molecule has 0 aliphatic rings. The highest BCUT2D eigenvalue weighted by molar-refractivity contribution is 5.57. The lowest BCUT2D eigenvalue weighted by Gasteiger charge is -2.23. The van der Waals surface area contributed by atoms with E-state index in [0.717, 1.165) is 17.8 Å². The molecular formula is C12H15N3O2. The number of rotatable bonds is 5. The van der Waals surface area contributed by atoms with Crippen LogP contribution in [0.1, 0.15) is 18.9 Å². The Morgan fingerprint density at radius 1 is 1.53 bits per heavy atom. The smallest absolute Gasteiger partial charge is 0.269 e. The molecule has 0 radical (unpaired) electrons. The minimum absolute atomic E-state index is 0.0996. The Balaban J connectivity index is 2.97. The Labute approximate surface area is 100 Å². The van der Waals surface area contributed by atoms with Crippen molar-refractivity contribution in [1.29, 1.82) is 5.26 Å². The van der Waals surface area contributed by atoms with Gasteiger partial charge in [0.25, 0.3) is 5.69 Å². The Morgan fingerprint density at radius 3 is 2.71 bits per heavy atom. The maximum Gasteiger partial charge on any atom is 0.269 e. The summed E-state index contributed by atoms with van der Waals surface area (Å²) in [6, 6.07) is 6.90. The van der Waals surface area contributed by atoms with Gasteiger partial charge in [-0.15, -0.1) is 0 Å². The summed E-state index contributed by atoms with van der Waals surface area (Å²) < 4.78 is 0. The molecule has 0 aliphatic heterocycles. The SMILES string of the molecule is CCN(CCC#N)c1ccc([N+](=O)[O-])cc1C. The van der Waals surface area contributed by atoms with E-state index in [9.17, 15) is 10.1 Å². The lowest BCUT2D eigenvalue weighted by atomic mass is 10.1. The third-order valence-corrected chi connectivity index (χ3v) is 2.61. The van der Waals surface area contributed by atoms with Crippen molar-refractivity contribution in [2.75, 3.05) is 18.0 Å². The first-order valence-electron chi connectivity index (χ1n) is 5.47. The van der Waals surface area contributed by atoms with Gasteiger partial charge in [-0.05, 0) is 25.5 Å². The van der Waals surface area contributed by atoms with Crippen LogP contribution in [0.15, 0.2) is 18.2 Å². The van der Waals surface area contributed by atoms with Crippen molar-refractivity contribution < 1.29 is 4.92 Å². The minimum atomic E-state index is -0.400. The molecule has 0 atom stereocenters. The molecule has 0 N–H and O–H groups in total. The third-order valence-electron chi connectivity index (χ3n) is 2.61. The molecule has 90 valence electrons. The molecule has 0 amide bonds. The van der Waals surface area contributed by atoms with Gasteiger partial charge in [0.1, 0.15) is 0 Å². The van der Waals surface area contributed by atoms with Crippen molar-refractivity contribution in [3.05, 3.63) is 33.9 Å². The first-order chi connectivity index (χ1) is 8.10. The topological polar surface area (TPSA) is 70.2 Å². The Kier molecular flexibility index (Phi) is 4.46. The monoisotopic (exact) mass is 233 g/mol. The predicted octanol–water partition coefficient (Wildman–Crippen LogP) is 2.64. The van der Waals surface area contributed by atoms with Crippen LogP contribution in [0, 0.1) is 28.4 Å². The molecular weight excluding hydrogens is 218 g/mol. The molecule has 5 nitrogen and oxygen atoms in total. The molecule has 0 aliphatic carbocycles. The molecule has 1 rings (SSSR count). The summed E-state index contributed by atoms with van der Waals surface area (Å²) in [4.78, 5) is 12.3. The average Bonchev–Trinajstić information content (AvgIpc) is 2.31. The number of nitrogens with zero attached hydrogens (tertiary/aromatic N) is 3. The number of anilines is 1. The lowest BCUT2D eigenvalue weighted by molar-refractivity contribution is -0.384. The van der Waals surface area contributed by atoms with E-state index in [1.807, 2.05) is 18.7 Å². The van der Waals surface area contributed by atoms with Crippen molar-refractivity contribution >= 4 is 11.4 Å². The number of nitro benzene ring substituents is 1. The summed E-state index contributed by atoms with van der Waals surface area (Å²) in [6.07, 6.45) is 0.449. The molecule has 1 aromatic rings. The second kappa shape index (κ2) is 5.85.